The minimum Gasteiger partial charge on any atom is -0.461 e. The van der Waals surface area contributed by atoms with Gasteiger partial charge < -0.3 is 15.0 Å². The van der Waals surface area contributed by atoms with E-state index in [9.17, 15) is 9.59 Å². The van der Waals surface area contributed by atoms with Crippen LogP contribution in [0.2, 0.25) is 0 Å². The van der Waals surface area contributed by atoms with Gasteiger partial charge in [0.1, 0.15) is 5.69 Å². The molecule has 0 aliphatic rings. The molecule has 0 saturated carbocycles. The average Bonchev–Trinajstić information content (AvgIpc) is 2.87. The largest absolute Gasteiger partial charge is 0.461 e. The topological polar surface area (TPSA) is 71.2 Å². The van der Waals surface area contributed by atoms with Gasteiger partial charge in [-0.3, -0.25) is 4.79 Å². The molecule has 2 N–H and O–H groups in total. The summed E-state index contributed by atoms with van der Waals surface area (Å²) in [6, 6.07) is 8.10. The highest BCUT2D eigenvalue weighted by Crippen LogP contribution is 2.20. The molecule has 5 heteroatoms. The Hall–Kier alpha value is -2.56. The zero-order valence-electron chi connectivity index (χ0n) is 15.4. The molecule has 0 fully saturated rings. The van der Waals surface area contributed by atoms with Gasteiger partial charge in [0.25, 0.3) is 0 Å². The Morgan fingerprint density at radius 1 is 1.12 bits per heavy atom. The second kappa shape index (κ2) is 8.51. The maximum absolute atomic E-state index is 12.1. The van der Waals surface area contributed by atoms with Crippen LogP contribution in [-0.2, 0) is 22.5 Å². The lowest BCUT2D eigenvalue weighted by Crippen LogP contribution is -2.23. The van der Waals surface area contributed by atoms with Crippen LogP contribution in [0.25, 0.3) is 0 Å². The van der Waals surface area contributed by atoms with Crippen LogP contribution >= 0.6 is 0 Å². The van der Waals surface area contributed by atoms with E-state index in [1.807, 2.05) is 45.0 Å². The average molecular weight is 342 g/mol. The highest BCUT2D eigenvalue weighted by atomic mass is 16.5. The number of hydrogen-bond donors (Lipinski definition) is 2. The van der Waals surface area contributed by atoms with Crippen LogP contribution < -0.4 is 5.32 Å². The number of aromatic nitrogens is 1. The molecule has 5 nitrogen and oxygen atoms in total. The van der Waals surface area contributed by atoms with E-state index in [0.29, 0.717) is 31.7 Å². The van der Waals surface area contributed by atoms with Crippen LogP contribution in [0.15, 0.2) is 24.3 Å². The van der Waals surface area contributed by atoms with Crippen LogP contribution in [0.3, 0.4) is 0 Å². The summed E-state index contributed by atoms with van der Waals surface area (Å²) in [7, 11) is 0. The summed E-state index contributed by atoms with van der Waals surface area (Å²) in [6.07, 6.45) is 0.973. The van der Waals surface area contributed by atoms with E-state index >= 15 is 0 Å². The van der Waals surface area contributed by atoms with Crippen LogP contribution in [0.5, 0.6) is 0 Å². The van der Waals surface area contributed by atoms with Crippen molar-refractivity contribution in [3.63, 3.8) is 0 Å². The molecule has 0 unspecified atom stereocenters. The first-order valence-electron chi connectivity index (χ1n) is 8.59. The number of aromatic amines is 1. The van der Waals surface area contributed by atoms with Gasteiger partial charge in [-0.15, -0.1) is 0 Å². The number of carbonyl (C=O) groups excluding carboxylic acids is 2. The number of rotatable bonds is 7. The molecule has 1 aromatic heterocycles. The smallest absolute Gasteiger partial charge is 0.355 e. The van der Waals surface area contributed by atoms with Crippen molar-refractivity contribution in [1.82, 2.24) is 10.3 Å². The minimum atomic E-state index is -0.349. The highest BCUT2D eigenvalue weighted by Gasteiger charge is 2.18. The Morgan fingerprint density at radius 2 is 1.80 bits per heavy atom. The second-order valence-electron chi connectivity index (χ2n) is 6.21. The van der Waals surface area contributed by atoms with Gasteiger partial charge >= 0.3 is 5.97 Å². The van der Waals surface area contributed by atoms with Crippen molar-refractivity contribution in [2.75, 3.05) is 6.61 Å². The Labute approximate surface area is 148 Å². The highest BCUT2D eigenvalue weighted by molar-refractivity contribution is 5.90. The molecule has 1 aromatic carbocycles. The maximum atomic E-state index is 12.1. The predicted molar refractivity (Wildman–Crippen MR) is 97.6 cm³/mol. The molecule has 0 aliphatic heterocycles. The fourth-order valence-corrected chi connectivity index (χ4v) is 2.80. The van der Waals surface area contributed by atoms with Crippen LogP contribution in [0, 0.1) is 20.8 Å². The van der Waals surface area contributed by atoms with Crippen molar-refractivity contribution in [3.8, 4) is 0 Å². The number of hydrogen-bond acceptors (Lipinski definition) is 3. The van der Waals surface area contributed by atoms with Crippen molar-refractivity contribution < 1.29 is 14.3 Å². The fraction of sp³-hybridized carbons (Fsp3) is 0.400. The first-order valence-corrected chi connectivity index (χ1v) is 8.59. The third-order valence-electron chi connectivity index (χ3n) is 4.28. The summed E-state index contributed by atoms with van der Waals surface area (Å²) < 4.78 is 5.05. The molecular formula is C20H26N2O3. The zero-order chi connectivity index (χ0) is 18.4. The van der Waals surface area contributed by atoms with Crippen molar-refractivity contribution in [2.45, 2.75) is 47.1 Å². The Kier molecular flexibility index (Phi) is 6.39. The maximum Gasteiger partial charge on any atom is 0.355 e. The first-order chi connectivity index (χ1) is 11.9. The third kappa shape index (κ3) is 4.95. The van der Waals surface area contributed by atoms with Crippen LogP contribution in [0.1, 0.15) is 51.8 Å². The number of nitrogens with one attached hydrogen (secondary N) is 2. The number of amides is 1. The number of H-pyrrole nitrogens is 1. The normalized spacial score (nSPS) is 10.6. The SMILES string of the molecule is CCOC(=O)c1[nH]c(C)c(CCC(=O)NCc2ccc(C)cc2)c1C. The summed E-state index contributed by atoms with van der Waals surface area (Å²) in [4.78, 5) is 27.1. The molecule has 1 heterocycles. The summed E-state index contributed by atoms with van der Waals surface area (Å²) in [5.41, 5.74) is 5.54. The number of carbonyl (C=O) groups is 2. The van der Waals surface area contributed by atoms with E-state index in [0.717, 1.165) is 22.4 Å². The molecule has 0 saturated heterocycles. The lowest BCUT2D eigenvalue weighted by atomic mass is 10.0. The third-order valence-corrected chi connectivity index (χ3v) is 4.28. The Morgan fingerprint density at radius 3 is 2.44 bits per heavy atom. The Balaban J connectivity index is 1.91. The van der Waals surface area contributed by atoms with Crippen LogP contribution in [0.4, 0.5) is 0 Å². The van der Waals surface area contributed by atoms with E-state index in [1.54, 1.807) is 6.92 Å². The van der Waals surface area contributed by atoms with Crippen molar-refractivity contribution in [1.29, 1.82) is 0 Å². The van der Waals surface area contributed by atoms with Gasteiger partial charge in [0, 0.05) is 18.7 Å². The van der Waals surface area contributed by atoms with E-state index in [4.69, 9.17) is 4.74 Å². The predicted octanol–water partition coefficient (Wildman–Crippen LogP) is 3.37. The van der Waals surface area contributed by atoms with Gasteiger partial charge in [-0.25, -0.2) is 4.79 Å². The number of aryl methyl sites for hydroxylation is 2. The molecule has 0 radical (unpaired) electrons. The lowest BCUT2D eigenvalue weighted by Gasteiger charge is -2.07. The molecule has 1 amide bonds. The van der Waals surface area contributed by atoms with E-state index in [1.165, 1.54) is 5.56 Å². The number of benzene rings is 1. The molecule has 2 rings (SSSR count). The molecule has 0 spiro atoms. The standard InChI is InChI=1S/C20H26N2O3/c1-5-25-20(24)19-14(3)17(15(4)22-19)10-11-18(23)21-12-16-8-6-13(2)7-9-16/h6-9,22H,5,10-12H2,1-4H3,(H,21,23). The summed E-state index contributed by atoms with van der Waals surface area (Å²) in [6.45, 7) is 8.48. The van der Waals surface area contributed by atoms with Gasteiger partial charge in [-0.05, 0) is 50.8 Å². The molecule has 134 valence electrons. The van der Waals surface area contributed by atoms with Gasteiger partial charge in [-0.2, -0.15) is 0 Å². The summed E-state index contributed by atoms with van der Waals surface area (Å²) >= 11 is 0. The first kappa shape index (κ1) is 18.8. The molecular weight excluding hydrogens is 316 g/mol. The fourth-order valence-electron chi connectivity index (χ4n) is 2.80. The summed E-state index contributed by atoms with van der Waals surface area (Å²) in [5, 5.41) is 2.94. The summed E-state index contributed by atoms with van der Waals surface area (Å²) in [5.74, 6) is -0.351. The van der Waals surface area contributed by atoms with Gasteiger partial charge in [-0.1, -0.05) is 29.8 Å². The van der Waals surface area contributed by atoms with E-state index < -0.39 is 0 Å². The monoisotopic (exact) mass is 342 g/mol. The second-order valence-corrected chi connectivity index (χ2v) is 6.21. The van der Waals surface area contributed by atoms with Gasteiger partial charge in [0.05, 0.1) is 6.61 Å². The van der Waals surface area contributed by atoms with E-state index in [2.05, 4.69) is 10.3 Å². The molecule has 2 aromatic rings. The zero-order valence-corrected chi connectivity index (χ0v) is 15.4. The molecule has 0 atom stereocenters. The Bertz CT molecular complexity index is 745. The molecule has 0 aliphatic carbocycles. The van der Waals surface area contributed by atoms with Gasteiger partial charge in [0.2, 0.25) is 5.91 Å². The number of ether oxygens (including phenoxy) is 1. The molecule has 25 heavy (non-hydrogen) atoms. The van der Waals surface area contributed by atoms with Crippen molar-refractivity contribution in [2.24, 2.45) is 0 Å². The lowest BCUT2D eigenvalue weighted by molar-refractivity contribution is -0.121. The quantitative estimate of drug-likeness (QED) is 0.758. The minimum absolute atomic E-state index is 0.00161. The van der Waals surface area contributed by atoms with Crippen molar-refractivity contribution >= 4 is 11.9 Å². The number of esters is 1. The van der Waals surface area contributed by atoms with Crippen LogP contribution in [-0.4, -0.2) is 23.5 Å². The van der Waals surface area contributed by atoms with Crippen molar-refractivity contribution in [3.05, 3.63) is 57.9 Å². The van der Waals surface area contributed by atoms with Gasteiger partial charge in [0.15, 0.2) is 0 Å². The van der Waals surface area contributed by atoms with E-state index in [-0.39, 0.29) is 11.9 Å². The molecule has 0 bridgehead atoms.